The quantitative estimate of drug-likeness (QED) is 0.740. The first kappa shape index (κ1) is 12.1. The molecule has 20 heavy (non-hydrogen) atoms. The molecule has 0 radical (unpaired) electrons. The van der Waals surface area contributed by atoms with Crippen molar-refractivity contribution in [2.24, 2.45) is 0 Å². The lowest BCUT2D eigenvalue weighted by Crippen LogP contribution is -2.32. The minimum absolute atomic E-state index is 0.965. The summed E-state index contributed by atoms with van der Waals surface area (Å²) in [6.07, 6.45) is 2.15. The van der Waals surface area contributed by atoms with Crippen LogP contribution in [0.2, 0.25) is 0 Å². The summed E-state index contributed by atoms with van der Waals surface area (Å²) in [5.74, 6) is 0. The molecule has 0 saturated heterocycles. The Morgan fingerprint density at radius 1 is 1.20 bits per heavy atom. The SMILES string of the molecule is c1ccc(CCN2CCc3nc4scnn4c3C2)cc1. The Bertz CT molecular complexity index is 716. The molecule has 0 fully saturated rings. The number of imidazole rings is 1. The largest absolute Gasteiger partial charge is 0.297 e. The second-order valence-electron chi connectivity index (χ2n) is 5.20. The zero-order chi connectivity index (χ0) is 13.4. The first-order valence-electron chi connectivity index (χ1n) is 6.96. The third kappa shape index (κ3) is 2.13. The summed E-state index contributed by atoms with van der Waals surface area (Å²) >= 11 is 1.61. The molecule has 1 aliphatic heterocycles. The van der Waals surface area contributed by atoms with Crippen molar-refractivity contribution < 1.29 is 0 Å². The molecule has 4 rings (SSSR count). The molecule has 0 spiro atoms. The summed E-state index contributed by atoms with van der Waals surface area (Å²) in [4.78, 5) is 8.19. The number of rotatable bonds is 3. The van der Waals surface area contributed by atoms with Crippen LogP contribution in [0.1, 0.15) is 17.0 Å². The van der Waals surface area contributed by atoms with E-state index in [1.807, 2.05) is 10.0 Å². The third-order valence-electron chi connectivity index (χ3n) is 3.92. The van der Waals surface area contributed by atoms with Crippen molar-refractivity contribution in [2.45, 2.75) is 19.4 Å². The molecular weight excluding hydrogens is 268 g/mol. The van der Waals surface area contributed by atoms with Crippen molar-refractivity contribution in [1.82, 2.24) is 19.5 Å². The van der Waals surface area contributed by atoms with Gasteiger partial charge in [-0.05, 0) is 12.0 Å². The molecular formula is C15H16N4S. The zero-order valence-corrected chi connectivity index (χ0v) is 12.0. The normalized spacial score (nSPS) is 15.6. The second-order valence-corrected chi connectivity index (χ2v) is 6.01. The van der Waals surface area contributed by atoms with Crippen molar-refractivity contribution in [3.63, 3.8) is 0 Å². The molecule has 0 saturated carbocycles. The molecule has 0 unspecified atom stereocenters. The van der Waals surface area contributed by atoms with Crippen molar-refractivity contribution in [3.05, 3.63) is 52.8 Å². The summed E-state index contributed by atoms with van der Waals surface area (Å²) < 4.78 is 2.01. The van der Waals surface area contributed by atoms with E-state index in [1.165, 1.54) is 17.0 Å². The molecule has 3 aromatic rings. The molecule has 3 heterocycles. The van der Waals surface area contributed by atoms with E-state index in [1.54, 1.807) is 11.3 Å². The maximum absolute atomic E-state index is 4.66. The lowest BCUT2D eigenvalue weighted by atomic mass is 10.1. The zero-order valence-electron chi connectivity index (χ0n) is 11.2. The highest BCUT2D eigenvalue weighted by molar-refractivity contribution is 7.14. The molecule has 0 atom stereocenters. The minimum Gasteiger partial charge on any atom is -0.297 e. The first-order valence-corrected chi connectivity index (χ1v) is 7.84. The maximum atomic E-state index is 4.66. The summed E-state index contributed by atoms with van der Waals surface area (Å²) in [5.41, 5.74) is 5.79. The van der Waals surface area contributed by atoms with Crippen LogP contribution in [0.25, 0.3) is 4.96 Å². The number of fused-ring (bicyclic) bond motifs is 3. The van der Waals surface area contributed by atoms with Crippen LogP contribution in [0.5, 0.6) is 0 Å². The standard InChI is InChI=1S/C15H16N4S/c1-2-4-12(5-3-1)6-8-18-9-7-13-14(10-18)19-15(17-13)20-11-16-19/h1-5,11H,6-10H2. The summed E-state index contributed by atoms with van der Waals surface area (Å²) in [5, 5.41) is 4.39. The molecule has 0 aliphatic carbocycles. The van der Waals surface area contributed by atoms with Gasteiger partial charge in [0.2, 0.25) is 4.96 Å². The Morgan fingerprint density at radius 2 is 2.10 bits per heavy atom. The summed E-state index contributed by atoms with van der Waals surface area (Å²) in [6, 6.07) is 10.7. The number of hydrogen-bond acceptors (Lipinski definition) is 4. The Labute approximate surface area is 121 Å². The van der Waals surface area contributed by atoms with Crippen molar-refractivity contribution >= 4 is 16.3 Å². The fraction of sp³-hybridized carbons (Fsp3) is 0.333. The highest BCUT2D eigenvalue weighted by Crippen LogP contribution is 2.21. The van der Waals surface area contributed by atoms with E-state index in [0.717, 1.165) is 37.4 Å². The van der Waals surface area contributed by atoms with Crippen LogP contribution in [0.3, 0.4) is 0 Å². The van der Waals surface area contributed by atoms with Crippen molar-refractivity contribution in [1.29, 1.82) is 0 Å². The summed E-state index contributed by atoms with van der Waals surface area (Å²) in [7, 11) is 0. The molecule has 1 aromatic carbocycles. The van der Waals surface area contributed by atoms with Crippen LogP contribution >= 0.6 is 11.3 Å². The highest BCUT2D eigenvalue weighted by atomic mass is 32.1. The van der Waals surface area contributed by atoms with Gasteiger partial charge in [0.1, 0.15) is 5.51 Å². The monoisotopic (exact) mass is 284 g/mol. The molecule has 2 aromatic heterocycles. The Kier molecular flexibility index (Phi) is 3.01. The van der Waals surface area contributed by atoms with Gasteiger partial charge in [-0.2, -0.15) is 5.10 Å². The van der Waals surface area contributed by atoms with E-state index in [0.29, 0.717) is 0 Å². The van der Waals surface area contributed by atoms with Gasteiger partial charge in [0.05, 0.1) is 11.4 Å². The average molecular weight is 284 g/mol. The van der Waals surface area contributed by atoms with Crippen LogP contribution in [-0.2, 0) is 19.4 Å². The molecule has 102 valence electrons. The predicted octanol–water partition coefficient (Wildman–Crippen LogP) is 2.39. The topological polar surface area (TPSA) is 33.4 Å². The number of aromatic nitrogens is 3. The number of hydrogen-bond donors (Lipinski definition) is 0. The van der Waals surface area contributed by atoms with Crippen LogP contribution in [0, 0.1) is 0 Å². The van der Waals surface area contributed by atoms with E-state index in [4.69, 9.17) is 0 Å². The van der Waals surface area contributed by atoms with E-state index >= 15 is 0 Å². The Morgan fingerprint density at radius 3 is 3.00 bits per heavy atom. The van der Waals surface area contributed by atoms with Gasteiger partial charge in [-0.1, -0.05) is 41.7 Å². The number of nitrogens with zero attached hydrogens (tertiary/aromatic N) is 4. The molecule has 0 amide bonds. The summed E-state index contributed by atoms with van der Waals surface area (Å²) in [6.45, 7) is 3.17. The minimum atomic E-state index is 0.965. The Hall–Kier alpha value is -1.72. The van der Waals surface area contributed by atoms with E-state index in [2.05, 4.69) is 45.3 Å². The van der Waals surface area contributed by atoms with Crippen LogP contribution in [0.4, 0.5) is 0 Å². The third-order valence-corrected chi connectivity index (χ3v) is 4.59. The predicted molar refractivity (Wildman–Crippen MR) is 80.0 cm³/mol. The molecule has 1 aliphatic rings. The van der Waals surface area contributed by atoms with Crippen LogP contribution in [0.15, 0.2) is 35.8 Å². The van der Waals surface area contributed by atoms with Gasteiger partial charge in [0.15, 0.2) is 0 Å². The maximum Gasteiger partial charge on any atom is 0.212 e. The van der Waals surface area contributed by atoms with Crippen LogP contribution < -0.4 is 0 Å². The smallest absolute Gasteiger partial charge is 0.212 e. The fourth-order valence-electron chi connectivity index (χ4n) is 2.81. The van der Waals surface area contributed by atoms with Gasteiger partial charge in [-0.3, -0.25) is 4.90 Å². The van der Waals surface area contributed by atoms with E-state index < -0.39 is 0 Å². The Balaban J connectivity index is 1.48. The molecule has 0 bridgehead atoms. The van der Waals surface area contributed by atoms with Gasteiger partial charge in [0.25, 0.3) is 0 Å². The lowest BCUT2D eigenvalue weighted by molar-refractivity contribution is 0.251. The van der Waals surface area contributed by atoms with Gasteiger partial charge < -0.3 is 0 Å². The van der Waals surface area contributed by atoms with Gasteiger partial charge in [0, 0.05) is 26.1 Å². The number of benzene rings is 1. The average Bonchev–Trinajstić information content (AvgIpc) is 3.07. The van der Waals surface area contributed by atoms with Gasteiger partial charge >= 0.3 is 0 Å². The van der Waals surface area contributed by atoms with Gasteiger partial charge in [-0.15, -0.1) is 0 Å². The van der Waals surface area contributed by atoms with Crippen molar-refractivity contribution in [2.75, 3.05) is 13.1 Å². The second kappa shape index (κ2) is 5.00. The first-order chi connectivity index (χ1) is 9.90. The molecule has 5 heteroatoms. The fourth-order valence-corrected chi connectivity index (χ4v) is 3.47. The van der Waals surface area contributed by atoms with E-state index in [-0.39, 0.29) is 0 Å². The molecule has 4 nitrogen and oxygen atoms in total. The van der Waals surface area contributed by atoms with Crippen LogP contribution in [-0.4, -0.2) is 32.6 Å². The molecule has 0 N–H and O–H groups in total. The van der Waals surface area contributed by atoms with Crippen molar-refractivity contribution in [3.8, 4) is 0 Å². The highest BCUT2D eigenvalue weighted by Gasteiger charge is 2.22. The van der Waals surface area contributed by atoms with Gasteiger partial charge in [-0.25, -0.2) is 9.50 Å². The lowest BCUT2D eigenvalue weighted by Gasteiger charge is -2.26. The van der Waals surface area contributed by atoms with E-state index in [9.17, 15) is 0 Å².